The minimum absolute atomic E-state index is 0.0421. The van der Waals surface area contributed by atoms with Gasteiger partial charge in [-0.05, 0) is 42.8 Å². The molecule has 0 aromatic heterocycles. The third-order valence-corrected chi connectivity index (χ3v) is 6.37. The Hall–Kier alpha value is -2.09. The highest BCUT2D eigenvalue weighted by atomic mass is 32.2. The summed E-state index contributed by atoms with van der Waals surface area (Å²) >= 11 is 7.91. The molecule has 2 amide bonds. The lowest BCUT2D eigenvalue weighted by atomic mass is 10.2. The summed E-state index contributed by atoms with van der Waals surface area (Å²) in [5.41, 5.74) is 2.88. The van der Waals surface area contributed by atoms with Gasteiger partial charge in [-0.2, -0.15) is 0 Å². The SMILES string of the molecule is Cc1ccc(NC(=O)CSc2ccc(/C=C3\SC(=S)N(C)C3=O)cc2)cc1. The van der Waals surface area contributed by atoms with Crippen LogP contribution in [0.1, 0.15) is 11.1 Å². The second-order valence-electron chi connectivity index (χ2n) is 6.01. The van der Waals surface area contributed by atoms with Crippen molar-refractivity contribution in [3.05, 3.63) is 64.6 Å². The predicted molar refractivity (Wildman–Crippen MR) is 118 cm³/mol. The maximum atomic E-state index is 12.1. The van der Waals surface area contributed by atoms with Crippen molar-refractivity contribution in [2.75, 3.05) is 18.1 Å². The van der Waals surface area contributed by atoms with E-state index in [0.29, 0.717) is 15.0 Å². The highest BCUT2D eigenvalue weighted by Crippen LogP contribution is 2.31. The summed E-state index contributed by atoms with van der Waals surface area (Å²) in [6, 6.07) is 15.5. The van der Waals surface area contributed by atoms with Gasteiger partial charge in [-0.15, -0.1) is 11.8 Å². The van der Waals surface area contributed by atoms with Crippen LogP contribution in [-0.2, 0) is 9.59 Å². The van der Waals surface area contributed by atoms with E-state index >= 15 is 0 Å². The van der Waals surface area contributed by atoms with Gasteiger partial charge in [0.05, 0.1) is 10.7 Å². The molecule has 0 unspecified atom stereocenters. The normalized spacial score (nSPS) is 15.5. The molecular weight excluding hydrogens is 396 g/mol. The van der Waals surface area contributed by atoms with E-state index in [4.69, 9.17) is 12.2 Å². The fourth-order valence-corrected chi connectivity index (χ4v) is 4.22. The summed E-state index contributed by atoms with van der Waals surface area (Å²) in [4.78, 5) is 27.2. The maximum Gasteiger partial charge on any atom is 0.265 e. The Morgan fingerprint density at radius 2 is 1.85 bits per heavy atom. The van der Waals surface area contributed by atoms with E-state index < -0.39 is 0 Å². The number of nitrogens with zero attached hydrogens (tertiary/aromatic N) is 1. The summed E-state index contributed by atoms with van der Waals surface area (Å²) in [7, 11) is 1.68. The fraction of sp³-hybridized carbons (Fsp3) is 0.150. The predicted octanol–water partition coefficient (Wildman–Crippen LogP) is 4.56. The molecule has 2 aromatic rings. The quantitative estimate of drug-likeness (QED) is 0.442. The van der Waals surface area contributed by atoms with E-state index in [2.05, 4.69) is 5.32 Å². The molecular formula is C20H18N2O2S3. The Kier molecular flexibility index (Phi) is 6.36. The summed E-state index contributed by atoms with van der Waals surface area (Å²) in [6.07, 6.45) is 1.83. The van der Waals surface area contributed by atoms with Gasteiger partial charge < -0.3 is 5.32 Å². The topological polar surface area (TPSA) is 49.4 Å². The Morgan fingerprint density at radius 3 is 2.44 bits per heavy atom. The maximum absolute atomic E-state index is 12.1. The van der Waals surface area contributed by atoms with Gasteiger partial charge in [0.2, 0.25) is 5.91 Å². The zero-order valence-electron chi connectivity index (χ0n) is 14.9. The monoisotopic (exact) mass is 414 g/mol. The van der Waals surface area contributed by atoms with Crippen molar-refractivity contribution in [3.63, 3.8) is 0 Å². The number of carbonyl (C=O) groups is 2. The number of nitrogens with one attached hydrogen (secondary N) is 1. The zero-order chi connectivity index (χ0) is 19.4. The molecule has 1 saturated heterocycles. The van der Waals surface area contributed by atoms with Crippen molar-refractivity contribution >= 4 is 63.6 Å². The van der Waals surface area contributed by atoms with Crippen LogP contribution in [-0.4, -0.2) is 33.8 Å². The molecule has 2 aromatic carbocycles. The van der Waals surface area contributed by atoms with E-state index in [-0.39, 0.29) is 11.8 Å². The van der Waals surface area contributed by atoms with Crippen molar-refractivity contribution in [2.24, 2.45) is 0 Å². The van der Waals surface area contributed by atoms with E-state index in [0.717, 1.165) is 21.7 Å². The number of amides is 2. The first kappa shape index (κ1) is 19.7. The molecule has 27 heavy (non-hydrogen) atoms. The number of aryl methyl sites for hydroxylation is 1. The fourth-order valence-electron chi connectivity index (χ4n) is 2.34. The summed E-state index contributed by atoms with van der Waals surface area (Å²) < 4.78 is 0.568. The number of thiocarbonyl (C=S) groups is 1. The van der Waals surface area contributed by atoms with Crippen LogP contribution in [0.3, 0.4) is 0 Å². The van der Waals surface area contributed by atoms with Crippen molar-refractivity contribution in [1.82, 2.24) is 4.90 Å². The van der Waals surface area contributed by atoms with Crippen molar-refractivity contribution < 1.29 is 9.59 Å². The highest BCUT2D eigenvalue weighted by molar-refractivity contribution is 8.26. The number of thioether (sulfide) groups is 2. The molecule has 0 spiro atoms. The van der Waals surface area contributed by atoms with Gasteiger partial charge in [0.25, 0.3) is 5.91 Å². The van der Waals surface area contributed by atoms with Crippen LogP contribution < -0.4 is 5.32 Å². The van der Waals surface area contributed by atoms with Crippen LogP contribution in [0.2, 0.25) is 0 Å². The first-order chi connectivity index (χ1) is 12.9. The van der Waals surface area contributed by atoms with Crippen LogP contribution in [0.25, 0.3) is 6.08 Å². The molecule has 7 heteroatoms. The molecule has 1 aliphatic heterocycles. The minimum Gasteiger partial charge on any atom is -0.325 e. The number of benzene rings is 2. The second kappa shape index (κ2) is 8.73. The van der Waals surface area contributed by atoms with Crippen molar-refractivity contribution in [2.45, 2.75) is 11.8 Å². The first-order valence-electron chi connectivity index (χ1n) is 8.23. The third kappa shape index (κ3) is 5.22. The first-order valence-corrected chi connectivity index (χ1v) is 10.4. The zero-order valence-corrected chi connectivity index (χ0v) is 17.3. The van der Waals surface area contributed by atoms with E-state index in [1.165, 1.54) is 28.4 Å². The van der Waals surface area contributed by atoms with Crippen molar-refractivity contribution in [3.8, 4) is 0 Å². The molecule has 0 saturated carbocycles. The molecule has 4 nitrogen and oxygen atoms in total. The lowest BCUT2D eigenvalue weighted by Gasteiger charge is -2.06. The van der Waals surface area contributed by atoms with Gasteiger partial charge in [-0.25, -0.2) is 0 Å². The Balaban J connectivity index is 1.55. The highest BCUT2D eigenvalue weighted by Gasteiger charge is 2.28. The van der Waals surface area contributed by atoms with Gasteiger partial charge in [0, 0.05) is 17.6 Å². The van der Waals surface area contributed by atoms with Gasteiger partial charge in [0.15, 0.2) is 0 Å². The number of carbonyl (C=O) groups excluding carboxylic acids is 2. The third-order valence-electron chi connectivity index (χ3n) is 3.87. The summed E-state index contributed by atoms with van der Waals surface area (Å²) in [5, 5.41) is 2.89. The number of anilines is 1. The molecule has 1 fully saturated rings. The lowest BCUT2D eigenvalue weighted by Crippen LogP contribution is -2.22. The van der Waals surface area contributed by atoms with Crippen LogP contribution in [0.5, 0.6) is 0 Å². The molecule has 0 atom stereocenters. The van der Waals surface area contributed by atoms with Gasteiger partial charge >= 0.3 is 0 Å². The average molecular weight is 415 g/mol. The van der Waals surface area contributed by atoms with E-state index in [9.17, 15) is 9.59 Å². The lowest BCUT2D eigenvalue weighted by molar-refractivity contribution is -0.121. The van der Waals surface area contributed by atoms with Crippen LogP contribution in [0.4, 0.5) is 5.69 Å². The molecule has 138 valence electrons. The molecule has 1 N–H and O–H groups in total. The largest absolute Gasteiger partial charge is 0.325 e. The molecule has 1 heterocycles. The molecule has 0 aliphatic carbocycles. The standard InChI is InChI=1S/C20H18N2O2S3/c1-13-3-7-15(8-4-13)21-18(23)12-26-16-9-5-14(6-10-16)11-17-19(24)22(2)20(25)27-17/h3-11H,12H2,1-2H3,(H,21,23)/b17-11-. The minimum atomic E-state index is -0.0729. The second-order valence-corrected chi connectivity index (χ2v) is 8.74. The summed E-state index contributed by atoms with van der Waals surface area (Å²) in [6.45, 7) is 2.01. The van der Waals surface area contributed by atoms with Gasteiger partial charge in [0.1, 0.15) is 4.32 Å². The molecule has 1 aliphatic rings. The van der Waals surface area contributed by atoms with Crippen LogP contribution in [0.15, 0.2) is 58.3 Å². The molecule has 0 bridgehead atoms. The summed E-state index contributed by atoms with van der Waals surface area (Å²) in [5.74, 6) is 0.220. The molecule has 3 rings (SSSR count). The van der Waals surface area contributed by atoms with Gasteiger partial charge in [-0.3, -0.25) is 14.5 Å². The Labute approximate surface area is 172 Å². The molecule has 0 radical (unpaired) electrons. The van der Waals surface area contributed by atoms with Crippen molar-refractivity contribution in [1.29, 1.82) is 0 Å². The smallest absolute Gasteiger partial charge is 0.265 e. The number of hydrogen-bond donors (Lipinski definition) is 1. The Bertz CT molecular complexity index is 906. The number of rotatable bonds is 5. The average Bonchev–Trinajstić information content (AvgIpc) is 2.90. The van der Waals surface area contributed by atoms with Gasteiger partial charge in [-0.1, -0.05) is 53.8 Å². The van der Waals surface area contributed by atoms with Crippen LogP contribution in [0, 0.1) is 6.92 Å². The van der Waals surface area contributed by atoms with E-state index in [1.807, 2.05) is 61.5 Å². The van der Waals surface area contributed by atoms with E-state index in [1.54, 1.807) is 7.05 Å². The number of hydrogen-bond acceptors (Lipinski definition) is 5. The van der Waals surface area contributed by atoms with Crippen LogP contribution >= 0.6 is 35.7 Å². The Morgan fingerprint density at radius 1 is 1.19 bits per heavy atom. The number of likely N-dealkylation sites (N-methyl/N-ethyl adjacent to an activating group) is 1.